The first-order chi connectivity index (χ1) is 14.9. The average molecular weight is 445 g/mol. The first kappa shape index (κ1) is 26.1. The Labute approximate surface area is 193 Å². The predicted molar refractivity (Wildman–Crippen MR) is 128 cm³/mol. The Morgan fingerprint density at radius 3 is 2.22 bits per heavy atom. The van der Waals surface area contributed by atoms with Gasteiger partial charge in [0, 0.05) is 25.7 Å². The Balaban J connectivity index is 2.19. The molecule has 2 unspecified atom stereocenters. The summed E-state index contributed by atoms with van der Waals surface area (Å²) < 4.78 is 22.8. The maximum atomic E-state index is 13.0. The van der Waals surface area contributed by atoms with E-state index in [-0.39, 0.29) is 11.3 Å². The molecule has 1 aromatic rings. The van der Waals surface area contributed by atoms with Crippen LogP contribution in [0.2, 0.25) is 0 Å². The van der Waals surface area contributed by atoms with Crippen LogP contribution in [-0.4, -0.2) is 39.0 Å². The number of esters is 1. The van der Waals surface area contributed by atoms with Crippen molar-refractivity contribution in [3.05, 3.63) is 52.8 Å². The zero-order chi connectivity index (χ0) is 24.1. The predicted octanol–water partition coefficient (Wildman–Crippen LogP) is 6.05. The highest BCUT2D eigenvalue weighted by Crippen LogP contribution is 2.36. The van der Waals surface area contributed by atoms with Gasteiger partial charge in [-0.25, -0.2) is 4.79 Å². The molecule has 2 atom stereocenters. The number of ether oxygens (including phenoxy) is 4. The summed E-state index contributed by atoms with van der Waals surface area (Å²) in [6, 6.07) is 7.74. The standard InChI is InChI=1S/C27H40O5/c1-18-14-21(16-29-8)24(22(15-18)17-30-9)32-27(6,7)25(28)31-23-12-10-20(11-13-23)19(2)26(3,4)5/h10-14,19,22H,15-17H2,1-9H3. The van der Waals surface area contributed by atoms with E-state index in [9.17, 15) is 4.79 Å². The highest BCUT2D eigenvalue weighted by Gasteiger charge is 2.37. The molecule has 178 valence electrons. The molecule has 5 nitrogen and oxygen atoms in total. The van der Waals surface area contributed by atoms with Gasteiger partial charge in [0.1, 0.15) is 11.5 Å². The van der Waals surface area contributed by atoms with Crippen LogP contribution < -0.4 is 4.74 Å². The SMILES string of the molecule is COCC1=C(OC(C)(C)C(=O)Oc2ccc(C(C)C(C)(C)C)cc2)C(COC)CC(C)=C1. The zero-order valence-electron chi connectivity index (χ0n) is 21.2. The summed E-state index contributed by atoms with van der Waals surface area (Å²) in [5.74, 6) is 1.21. The molecule has 0 spiro atoms. The van der Waals surface area contributed by atoms with E-state index >= 15 is 0 Å². The smallest absolute Gasteiger partial charge is 0.355 e. The summed E-state index contributed by atoms with van der Waals surface area (Å²) in [6.45, 7) is 15.3. The first-order valence-corrected chi connectivity index (χ1v) is 11.3. The second kappa shape index (κ2) is 10.7. The maximum Gasteiger partial charge on any atom is 0.355 e. The molecular formula is C27H40O5. The van der Waals surface area contributed by atoms with Crippen LogP contribution in [0, 0.1) is 11.3 Å². The number of rotatable bonds is 9. The van der Waals surface area contributed by atoms with Crippen LogP contribution in [0.5, 0.6) is 5.75 Å². The van der Waals surface area contributed by atoms with Crippen LogP contribution in [0.25, 0.3) is 0 Å². The largest absolute Gasteiger partial charge is 0.480 e. The van der Waals surface area contributed by atoms with Gasteiger partial charge in [-0.15, -0.1) is 0 Å². The second-order valence-electron chi connectivity index (χ2n) is 10.3. The molecule has 1 aliphatic rings. The topological polar surface area (TPSA) is 54.0 Å². The molecule has 0 amide bonds. The van der Waals surface area contributed by atoms with E-state index in [1.807, 2.05) is 24.3 Å². The molecule has 0 saturated carbocycles. The van der Waals surface area contributed by atoms with Gasteiger partial charge >= 0.3 is 5.97 Å². The van der Waals surface area contributed by atoms with Gasteiger partial charge in [0.05, 0.1) is 13.2 Å². The van der Waals surface area contributed by atoms with Crippen molar-refractivity contribution in [1.29, 1.82) is 0 Å². The summed E-state index contributed by atoms with van der Waals surface area (Å²) in [6.07, 6.45) is 2.89. The number of hydrogen-bond acceptors (Lipinski definition) is 5. The third kappa shape index (κ3) is 6.69. The lowest BCUT2D eigenvalue weighted by atomic mass is 9.78. The van der Waals surface area contributed by atoms with Crippen molar-refractivity contribution < 1.29 is 23.7 Å². The van der Waals surface area contributed by atoms with Crippen molar-refractivity contribution in [1.82, 2.24) is 0 Å². The lowest BCUT2D eigenvalue weighted by Gasteiger charge is -2.33. The van der Waals surface area contributed by atoms with E-state index in [1.165, 1.54) is 11.1 Å². The quantitative estimate of drug-likeness (QED) is 0.343. The molecule has 0 fully saturated rings. The Bertz CT molecular complexity index is 840. The molecule has 1 aliphatic carbocycles. The number of carbonyl (C=O) groups excluding carboxylic acids is 1. The molecule has 0 N–H and O–H groups in total. The average Bonchev–Trinajstić information content (AvgIpc) is 2.70. The van der Waals surface area contributed by atoms with Crippen molar-refractivity contribution in [2.24, 2.45) is 11.3 Å². The van der Waals surface area contributed by atoms with Gasteiger partial charge in [-0.2, -0.15) is 0 Å². The van der Waals surface area contributed by atoms with E-state index in [4.69, 9.17) is 18.9 Å². The summed E-state index contributed by atoms with van der Waals surface area (Å²) >= 11 is 0. The Morgan fingerprint density at radius 2 is 1.69 bits per heavy atom. The fourth-order valence-electron chi connectivity index (χ4n) is 3.80. The lowest BCUT2D eigenvalue weighted by Crippen LogP contribution is -2.40. The number of benzene rings is 1. The highest BCUT2D eigenvalue weighted by molar-refractivity contribution is 5.81. The maximum absolute atomic E-state index is 13.0. The van der Waals surface area contributed by atoms with Crippen molar-refractivity contribution >= 4 is 5.97 Å². The minimum absolute atomic E-state index is 0.0281. The third-order valence-corrected chi connectivity index (χ3v) is 6.09. The summed E-state index contributed by atoms with van der Waals surface area (Å²) in [5.41, 5.74) is 2.37. The number of allylic oxidation sites excluding steroid dienone is 1. The van der Waals surface area contributed by atoms with Gasteiger partial charge in [-0.1, -0.05) is 51.5 Å². The van der Waals surface area contributed by atoms with Gasteiger partial charge in [0.25, 0.3) is 0 Å². The van der Waals surface area contributed by atoms with Crippen LogP contribution in [-0.2, 0) is 19.0 Å². The monoisotopic (exact) mass is 444 g/mol. The van der Waals surface area contributed by atoms with Crippen molar-refractivity contribution in [2.75, 3.05) is 27.4 Å². The van der Waals surface area contributed by atoms with Crippen LogP contribution in [0.15, 0.2) is 47.2 Å². The number of methoxy groups -OCH3 is 2. The van der Waals surface area contributed by atoms with Crippen LogP contribution in [0.4, 0.5) is 0 Å². The molecule has 0 heterocycles. The normalized spacial score (nSPS) is 18.3. The molecule has 0 aliphatic heterocycles. The van der Waals surface area contributed by atoms with E-state index in [2.05, 4.69) is 40.7 Å². The lowest BCUT2D eigenvalue weighted by molar-refractivity contribution is -0.155. The van der Waals surface area contributed by atoms with Gasteiger partial charge in [-0.3, -0.25) is 0 Å². The van der Waals surface area contributed by atoms with E-state index in [0.717, 1.165) is 17.8 Å². The minimum Gasteiger partial charge on any atom is -0.480 e. The van der Waals surface area contributed by atoms with Crippen LogP contribution in [0.1, 0.15) is 66.4 Å². The van der Waals surface area contributed by atoms with Gasteiger partial charge in [0.2, 0.25) is 0 Å². The van der Waals surface area contributed by atoms with E-state index < -0.39 is 11.6 Å². The molecule has 0 bridgehead atoms. The van der Waals surface area contributed by atoms with Gasteiger partial charge in [-0.05, 0) is 56.2 Å². The summed E-state index contributed by atoms with van der Waals surface area (Å²) in [4.78, 5) is 13.0. The number of carbonyl (C=O) groups is 1. The van der Waals surface area contributed by atoms with Crippen molar-refractivity contribution in [3.8, 4) is 5.75 Å². The van der Waals surface area contributed by atoms with Crippen LogP contribution in [0.3, 0.4) is 0 Å². The van der Waals surface area contributed by atoms with Gasteiger partial charge < -0.3 is 18.9 Å². The minimum atomic E-state index is -1.17. The molecule has 32 heavy (non-hydrogen) atoms. The summed E-state index contributed by atoms with van der Waals surface area (Å²) in [5, 5.41) is 0. The van der Waals surface area contributed by atoms with Crippen molar-refractivity contribution in [2.45, 2.75) is 66.4 Å². The van der Waals surface area contributed by atoms with Gasteiger partial charge in [0.15, 0.2) is 5.60 Å². The first-order valence-electron chi connectivity index (χ1n) is 11.3. The fraction of sp³-hybridized carbons (Fsp3) is 0.593. The Kier molecular flexibility index (Phi) is 8.72. The molecule has 5 heteroatoms. The molecular weight excluding hydrogens is 404 g/mol. The fourth-order valence-corrected chi connectivity index (χ4v) is 3.80. The second-order valence-corrected chi connectivity index (χ2v) is 10.3. The van der Waals surface area contributed by atoms with Crippen molar-refractivity contribution in [3.63, 3.8) is 0 Å². The third-order valence-electron chi connectivity index (χ3n) is 6.09. The molecule has 1 aromatic carbocycles. The Morgan fingerprint density at radius 1 is 1.06 bits per heavy atom. The van der Waals surface area contributed by atoms with Crippen LogP contribution >= 0.6 is 0 Å². The van der Waals surface area contributed by atoms with E-state index in [0.29, 0.717) is 24.9 Å². The zero-order valence-corrected chi connectivity index (χ0v) is 21.2. The molecule has 0 radical (unpaired) electrons. The van der Waals surface area contributed by atoms with E-state index in [1.54, 1.807) is 28.1 Å². The molecule has 0 aromatic heterocycles. The molecule has 2 rings (SSSR count). The number of hydrogen-bond donors (Lipinski definition) is 0. The molecule has 0 saturated heterocycles. The Hall–Kier alpha value is -2.11. The highest BCUT2D eigenvalue weighted by atomic mass is 16.6. The summed E-state index contributed by atoms with van der Waals surface area (Å²) in [7, 11) is 3.32.